The summed E-state index contributed by atoms with van der Waals surface area (Å²) in [4.78, 5) is 14.2. The van der Waals surface area contributed by atoms with Crippen molar-refractivity contribution in [3.05, 3.63) is 21.9 Å². The Bertz CT molecular complexity index is 376. The summed E-state index contributed by atoms with van der Waals surface area (Å²) >= 11 is 1.81. The van der Waals surface area contributed by atoms with E-state index in [0.717, 1.165) is 13.0 Å². The van der Waals surface area contributed by atoms with Gasteiger partial charge < -0.3 is 10.6 Å². The number of carbonyl (C=O) groups is 1. The fraction of sp³-hybridized carbons (Fsp3) is 0.643. The Balaban J connectivity index is 2.23. The summed E-state index contributed by atoms with van der Waals surface area (Å²) in [5.41, 5.74) is 0. The van der Waals surface area contributed by atoms with Crippen LogP contribution in [0.5, 0.6) is 0 Å². The molecule has 2 N–H and O–H groups in total. The van der Waals surface area contributed by atoms with E-state index in [1.165, 1.54) is 9.75 Å². The maximum atomic E-state index is 11.6. The van der Waals surface area contributed by atoms with E-state index in [4.69, 9.17) is 0 Å². The molecule has 1 aromatic rings. The van der Waals surface area contributed by atoms with Gasteiger partial charge in [0.1, 0.15) is 0 Å². The topological polar surface area (TPSA) is 41.1 Å². The highest BCUT2D eigenvalue weighted by molar-refractivity contribution is 7.12. The molecule has 0 aliphatic heterocycles. The lowest BCUT2D eigenvalue weighted by Gasteiger charge is -2.14. The minimum absolute atomic E-state index is 0.131. The standard InChI is InChI=1S/C14H24N2OS/c1-5-10(2)16-14(17)8-9-15-12(4)13-7-6-11(3)18-13/h6-7,10,12,15H,5,8-9H2,1-4H3,(H,16,17). The summed E-state index contributed by atoms with van der Waals surface area (Å²) in [6.45, 7) is 9.07. The van der Waals surface area contributed by atoms with Crippen molar-refractivity contribution in [1.29, 1.82) is 0 Å². The molecule has 0 spiro atoms. The lowest BCUT2D eigenvalue weighted by molar-refractivity contribution is -0.121. The highest BCUT2D eigenvalue weighted by Crippen LogP contribution is 2.21. The summed E-state index contributed by atoms with van der Waals surface area (Å²) in [5.74, 6) is 0.131. The van der Waals surface area contributed by atoms with Gasteiger partial charge in [-0.2, -0.15) is 0 Å². The van der Waals surface area contributed by atoms with Crippen molar-refractivity contribution in [3.63, 3.8) is 0 Å². The van der Waals surface area contributed by atoms with Gasteiger partial charge in [0.15, 0.2) is 0 Å². The smallest absolute Gasteiger partial charge is 0.221 e. The summed E-state index contributed by atoms with van der Waals surface area (Å²) in [6, 6.07) is 4.88. The molecule has 1 rings (SSSR count). The molecule has 0 radical (unpaired) electrons. The van der Waals surface area contributed by atoms with Gasteiger partial charge in [-0.1, -0.05) is 6.92 Å². The van der Waals surface area contributed by atoms with Crippen LogP contribution in [-0.2, 0) is 4.79 Å². The SMILES string of the molecule is CCC(C)NC(=O)CCNC(C)c1ccc(C)s1. The number of carbonyl (C=O) groups excluding carboxylic acids is 1. The van der Waals surface area contributed by atoms with Gasteiger partial charge in [0.05, 0.1) is 0 Å². The molecule has 0 aliphatic rings. The third-order valence-electron chi connectivity index (χ3n) is 3.01. The molecule has 0 aliphatic carbocycles. The number of hydrogen-bond acceptors (Lipinski definition) is 3. The van der Waals surface area contributed by atoms with E-state index in [1.807, 2.05) is 6.92 Å². The fourth-order valence-electron chi connectivity index (χ4n) is 1.64. The molecule has 102 valence electrons. The first-order valence-corrected chi connectivity index (χ1v) is 7.43. The molecule has 0 saturated heterocycles. The van der Waals surface area contributed by atoms with Gasteiger partial charge in [0.2, 0.25) is 5.91 Å². The van der Waals surface area contributed by atoms with Crippen LogP contribution in [-0.4, -0.2) is 18.5 Å². The van der Waals surface area contributed by atoms with Crippen molar-refractivity contribution in [2.45, 2.75) is 52.6 Å². The monoisotopic (exact) mass is 268 g/mol. The van der Waals surface area contributed by atoms with E-state index >= 15 is 0 Å². The van der Waals surface area contributed by atoms with Crippen molar-refractivity contribution < 1.29 is 4.79 Å². The van der Waals surface area contributed by atoms with Crippen LogP contribution in [0.3, 0.4) is 0 Å². The molecule has 18 heavy (non-hydrogen) atoms. The van der Waals surface area contributed by atoms with Crippen molar-refractivity contribution in [2.24, 2.45) is 0 Å². The van der Waals surface area contributed by atoms with Gasteiger partial charge in [-0.15, -0.1) is 11.3 Å². The summed E-state index contributed by atoms with van der Waals surface area (Å²) in [7, 11) is 0. The normalized spacial score (nSPS) is 14.2. The molecule has 0 fully saturated rings. The number of rotatable bonds is 7. The first-order valence-electron chi connectivity index (χ1n) is 6.62. The van der Waals surface area contributed by atoms with E-state index in [-0.39, 0.29) is 11.9 Å². The Morgan fingerprint density at radius 2 is 2.11 bits per heavy atom. The zero-order valence-electron chi connectivity index (χ0n) is 11.7. The van der Waals surface area contributed by atoms with Crippen LogP contribution in [0.25, 0.3) is 0 Å². The Morgan fingerprint density at radius 3 is 2.67 bits per heavy atom. The molecule has 1 amide bonds. The Labute approximate surface area is 114 Å². The second-order valence-corrected chi connectivity index (χ2v) is 6.07. The number of aryl methyl sites for hydroxylation is 1. The molecule has 1 heterocycles. The molecule has 1 aromatic heterocycles. The number of thiophene rings is 1. The second kappa shape index (κ2) is 7.54. The van der Waals surface area contributed by atoms with E-state index in [2.05, 4.69) is 43.5 Å². The third kappa shape index (κ3) is 5.19. The van der Waals surface area contributed by atoms with Crippen LogP contribution >= 0.6 is 11.3 Å². The first kappa shape index (κ1) is 15.2. The van der Waals surface area contributed by atoms with Gasteiger partial charge in [0, 0.05) is 34.8 Å². The van der Waals surface area contributed by atoms with Crippen molar-refractivity contribution in [3.8, 4) is 0 Å². The highest BCUT2D eigenvalue weighted by atomic mass is 32.1. The molecule has 2 unspecified atom stereocenters. The predicted octanol–water partition coefficient (Wildman–Crippen LogP) is 3.01. The Morgan fingerprint density at radius 1 is 1.39 bits per heavy atom. The number of nitrogens with one attached hydrogen (secondary N) is 2. The lowest BCUT2D eigenvalue weighted by atomic mass is 10.2. The van der Waals surface area contributed by atoms with Crippen LogP contribution in [0, 0.1) is 6.92 Å². The first-order chi connectivity index (χ1) is 8.52. The molecule has 0 aromatic carbocycles. The molecule has 2 atom stereocenters. The molecule has 0 saturated carbocycles. The van der Waals surface area contributed by atoms with Crippen LogP contribution in [0.4, 0.5) is 0 Å². The van der Waals surface area contributed by atoms with Gasteiger partial charge in [-0.3, -0.25) is 4.79 Å². The molecule has 3 nitrogen and oxygen atoms in total. The van der Waals surface area contributed by atoms with Gasteiger partial charge in [-0.05, 0) is 39.3 Å². The Kier molecular flexibility index (Phi) is 6.36. The summed E-state index contributed by atoms with van der Waals surface area (Å²) in [5, 5.41) is 6.35. The zero-order chi connectivity index (χ0) is 13.5. The largest absolute Gasteiger partial charge is 0.354 e. The second-order valence-electron chi connectivity index (χ2n) is 4.75. The van der Waals surface area contributed by atoms with E-state index in [0.29, 0.717) is 12.5 Å². The Hall–Kier alpha value is -0.870. The average Bonchev–Trinajstić information content (AvgIpc) is 2.75. The van der Waals surface area contributed by atoms with Crippen molar-refractivity contribution in [2.75, 3.05) is 6.54 Å². The van der Waals surface area contributed by atoms with E-state index < -0.39 is 0 Å². The minimum Gasteiger partial charge on any atom is -0.354 e. The van der Waals surface area contributed by atoms with Gasteiger partial charge >= 0.3 is 0 Å². The third-order valence-corrected chi connectivity index (χ3v) is 4.19. The summed E-state index contributed by atoms with van der Waals surface area (Å²) < 4.78 is 0. The average molecular weight is 268 g/mol. The molecular formula is C14H24N2OS. The number of hydrogen-bond donors (Lipinski definition) is 2. The molecule has 4 heteroatoms. The summed E-state index contributed by atoms with van der Waals surface area (Å²) in [6.07, 6.45) is 1.52. The quantitative estimate of drug-likeness (QED) is 0.798. The number of amides is 1. The van der Waals surface area contributed by atoms with E-state index in [9.17, 15) is 4.79 Å². The maximum Gasteiger partial charge on any atom is 0.221 e. The van der Waals surface area contributed by atoms with Crippen LogP contribution < -0.4 is 10.6 Å². The minimum atomic E-state index is 0.131. The van der Waals surface area contributed by atoms with Crippen molar-refractivity contribution in [1.82, 2.24) is 10.6 Å². The van der Waals surface area contributed by atoms with Gasteiger partial charge in [-0.25, -0.2) is 0 Å². The van der Waals surface area contributed by atoms with Crippen LogP contribution in [0.2, 0.25) is 0 Å². The maximum absolute atomic E-state index is 11.6. The van der Waals surface area contributed by atoms with Crippen molar-refractivity contribution >= 4 is 17.2 Å². The fourth-order valence-corrected chi connectivity index (χ4v) is 2.54. The lowest BCUT2D eigenvalue weighted by Crippen LogP contribution is -2.34. The van der Waals surface area contributed by atoms with Crippen LogP contribution in [0.1, 0.15) is 49.4 Å². The van der Waals surface area contributed by atoms with Crippen LogP contribution in [0.15, 0.2) is 12.1 Å². The zero-order valence-corrected chi connectivity index (χ0v) is 12.6. The van der Waals surface area contributed by atoms with Gasteiger partial charge in [0.25, 0.3) is 0 Å². The van der Waals surface area contributed by atoms with E-state index in [1.54, 1.807) is 11.3 Å². The molecule has 0 bridgehead atoms. The predicted molar refractivity (Wildman–Crippen MR) is 78.0 cm³/mol. The highest BCUT2D eigenvalue weighted by Gasteiger charge is 2.09. The molecular weight excluding hydrogens is 244 g/mol.